The number of rotatable bonds is 6. The van der Waals surface area contributed by atoms with Gasteiger partial charge in [-0.25, -0.2) is 19.3 Å². The summed E-state index contributed by atoms with van der Waals surface area (Å²) in [5.74, 6) is 1.62. The summed E-state index contributed by atoms with van der Waals surface area (Å²) in [5, 5.41) is 4.46. The Labute approximate surface area is 328 Å². The van der Waals surface area contributed by atoms with Gasteiger partial charge < -0.3 is 9.13 Å². The van der Waals surface area contributed by atoms with E-state index in [9.17, 15) is 0 Å². The highest BCUT2D eigenvalue weighted by molar-refractivity contribution is 6.26. The molecular formula is C51H34FN5. The highest BCUT2D eigenvalue weighted by Crippen LogP contribution is 2.42. The van der Waals surface area contributed by atoms with Crippen LogP contribution in [-0.4, -0.2) is 24.1 Å². The van der Waals surface area contributed by atoms with E-state index in [0.717, 1.165) is 90.1 Å². The van der Waals surface area contributed by atoms with E-state index in [0.29, 0.717) is 23.0 Å². The Balaban J connectivity index is 1.14. The van der Waals surface area contributed by atoms with Crippen LogP contribution in [-0.2, 0) is 0 Å². The van der Waals surface area contributed by atoms with Crippen molar-refractivity contribution in [3.63, 3.8) is 0 Å². The maximum Gasteiger partial charge on any atom is 0.164 e. The number of benzene rings is 7. The van der Waals surface area contributed by atoms with Gasteiger partial charge in [0.25, 0.3) is 0 Å². The predicted octanol–water partition coefficient (Wildman–Crippen LogP) is 12.9. The molecule has 0 amide bonds. The lowest BCUT2D eigenvalue weighted by molar-refractivity contribution is 0.622. The lowest BCUT2D eigenvalue weighted by Crippen LogP contribution is -2.01. The molecule has 0 N–H and O–H groups in total. The SMILES string of the molecule is Fc1cc(-n2c3ccccc3c3ccc4c(c5ccccc5n4-c4cccc(-c5nc(-c6ccccc6)nc(-c6ccccc6)n5)c4)c32)ccc1C1=CC=CCC1. The summed E-state index contributed by atoms with van der Waals surface area (Å²) in [6.07, 6.45) is 7.93. The summed E-state index contributed by atoms with van der Waals surface area (Å²) < 4.78 is 20.7. The molecule has 7 aromatic carbocycles. The Kier molecular flexibility index (Phi) is 7.74. The largest absolute Gasteiger partial charge is 0.309 e. The van der Waals surface area contributed by atoms with Gasteiger partial charge in [-0.1, -0.05) is 133 Å². The zero-order chi connectivity index (χ0) is 37.9. The third-order valence-corrected chi connectivity index (χ3v) is 11.1. The van der Waals surface area contributed by atoms with Gasteiger partial charge in [-0.15, -0.1) is 0 Å². The van der Waals surface area contributed by atoms with Crippen LogP contribution in [0.1, 0.15) is 18.4 Å². The second-order valence-electron chi connectivity index (χ2n) is 14.5. The summed E-state index contributed by atoms with van der Waals surface area (Å²) in [4.78, 5) is 15.0. The summed E-state index contributed by atoms with van der Waals surface area (Å²) in [6.45, 7) is 0. The monoisotopic (exact) mass is 735 g/mol. The van der Waals surface area contributed by atoms with E-state index < -0.39 is 0 Å². The summed E-state index contributed by atoms with van der Waals surface area (Å²) >= 11 is 0. The van der Waals surface area contributed by atoms with Crippen LogP contribution >= 0.6 is 0 Å². The van der Waals surface area contributed by atoms with Gasteiger partial charge >= 0.3 is 0 Å². The van der Waals surface area contributed by atoms with Crippen LogP contribution in [0.3, 0.4) is 0 Å². The first-order chi connectivity index (χ1) is 28.2. The average Bonchev–Trinajstić information content (AvgIpc) is 3.80. The minimum Gasteiger partial charge on any atom is -0.309 e. The van der Waals surface area contributed by atoms with Crippen LogP contribution in [0.5, 0.6) is 0 Å². The third-order valence-electron chi connectivity index (χ3n) is 11.1. The minimum atomic E-state index is -0.212. The number of para-hydroxylation sites is 2. The van der Waals surface area contributed by atoms with Crippen LogP contribution in [0.25, 0.3) is 94.7 Å². The molecule has 10 aromatic rings. The van der Waals surface area contributed by atoms with E-state index in [4.69, 9.17) is 15.0 Å². The maximum atomic E-state index is 16.1. The van der Waals surface area contributed by atoms with Gasteiger partial charge in [-0.05, 0) is 66.9 Å². The maximum absolute atomic E-state index is 16.1. The van der Waals surface area contributed by atoms with Crippen molar-refractivity contribution in [2.45, 2.75) is 12.8 Å². The number of hydrogen-bond donors (Lipinski definition) is 0. The molecule has 5 nitrogen and oxygen atoms in total. The second kappa shape index (κ2) is 13.4. The molecule has 0 bridgehead atoms. The molecule has 3 aromatic heterocycles. The van der Waals surface area contributed by atoms with Crippen molar-refractivity contribution in [2.24, 2.45) is 0 Å². The van der Waals surface area contributed by atoms with Gasteiger partial charge in [-0.3, -0.25) is 0 Å². The van der Waals surface area contributed by atoms with Gasteiger partial charge in [0, 0.05) is 55.2 Å². The summed E-state index contributed by atoms with van der Waals surface area (Å²) in [5.41, 5.74) is 10.4. The van der Waals surface area contributed by atoms with Crippen LogP contribution in [0.4, 0.5) is 4.39 Å². The minimum absolute atomic E-state index is 0.212. The molecule has 3 heterocycles. The van der Waals surface area contributed by atoms with Crippen LogP contribution in [0, 0.1) is 5.82 Å². The zero-order valence-electron chi connectivity index (χ0n) is 30.8. The van der Waals surface area contributed by atoms with Crippen molar-refractivity contribution < 1.29 is 4.39 Å². The van der Waals surface area contributed by atoms with Crippen molar-refractivity contribution >= 4 is 49.2 Å². The molecule has 0 radical (unpaired) electrons. The topological polar surface area (TPSA) is 48.5 Å². The van der Waals surface area contributed by atoms with E-state index in [1.807, 2.05) is 78.9 Å². The molecule has 1 aliphatic rings. The summed E-state index contributed by atoms with van der Waals surface area (Å²) in [6, 6.07) is 55.6. The zero-order valence-corrected chi connectivity index (χ0v) is 30.8. The molecule has 57 heavy (non-hydrogen) atoms. The molecule has 270 valence electrons. The number of nitrogens with zero attached hydrogens (tertiary/aromatic N) is 5. The Hall–Kier alpha value is -7.44. The number of halogens is 1. The molecule has 11 rings (SSSR count). The standard InChI is InChI=1S/C51H34FN5/c52-43-32-38(27-28-39(43)33-15-4-1-5-16-33)57-44-25-12-10-23-40(44)41-29-30-46-47(48(41)57)42-24-11-13-26-45(42)56(46)37-22-14-21-36(31-37)51-54-49(34-17-6-2-7-18-34)53-50(55-51)35-19-8-3-9-20-35/h1-4,6-15,17-32H,5,16H2. The fourth-order valence-electron chi connectivity index (χ4n) is 8.51. The van der Waals surface area contributed by atoms with Crippen molar-refractivity contribution in [1.82, 2.24) is 24.1 Å². The van der Waals surface area contributed by atoms with E-state index in [-0.39, 0.29) is 5.82 Å². The van der Waals surface area contributed by atoms with Gasteiger partial charge in [0.1, 0.15) is 5.82 Å². The molecule has 0 aliphatic heterocycles. The van der Waals surface area contributed by atoms with E-state index in [1.54, 1.807) is 6.07 Å². The van der Waals surface area contributed by atoms with Crippen LogP contribution in [0.15, 0.2) is 182 Å². The van der Waals surface area contributed by atoms with Gasteiger partial charge in [-0.2, -0.15) is 0 Å². The normalized spacial score (nSPS) is 12.9. The molecule has 0 saturated heterocycles. The van der Waals surface area contributed by atoms with Gasteiger partial charge in [0.2, 0.25) is 0 Å². The fourth-order valence-corrected chi connectivity index (χ4v) is 8.51. The Morgan fingerprint density at radius 2 is 1.09 bits per heavy atom. The van der Waals surface area contributed by atoms with Crippen molar-refractivity contribution in [2.75, 3.05) is 0 Å². The second-order valence-corrected chi connectivity index (χ2v) is 14.5. The van der Waals surface area contributed by atoms with Crippen molar-refractivity contribution in [3.05, 3.63) is 193 Å². The Morgan fingerprint density at radius 3 is 1.77 bits per heavy atom. The number of hydrogen-bond acceptors (Lipinski definition) is 3. The van der Waals surface area contributed by atoms with Gasteiger partial charge in [0.05, 0.1) is 22.1 Å². The number of aromatic nitrogens is 5. The first-order valence-electron chi connectivity index (χ1n) is 19.3. The first-order valence-corrected chi connectivity index (χ1v) is 19.3. The van der Waals surface area contributed by atoms with E-state index >= 15 is 4.39 Å². The quantitative estimate of drug-likeness (QED) is 0.171. The Morgan fingerprint density at radius 1 is 0.474 bits per heavy atom. The molecule has 6 heteroatoms. The van der Waals surface area contributed by atoms with E-state index in [2.05, 4.69) is 106 Å². The molecule has 0 spiro atoms. The molecule has 0 atom stereocenters. The van der Waals surface area contributed by atoms with Crippen molar-refractivity contribution in [1.29, 1.82) is 0 Å². The van der Waals surface area contributed by atoms with Crippen LogP contribution < -0.4 is 0 Å². The number of fused-ring (bicyclic) bond motifs is 7. The van der Waals surface area contributed by atoms with Crippen molar-refractivity contribution in [3.8, 4) is 45.5 Å². The average molecular weight is 736 g/mol. The lowest BCUT2D eigenvalue weighted by atomic mass is 9.97. The van der Waals surface area contributed by atoms with E-state index in [1.165, 1.54) is 0 Å². The lowest BCUT2D eigenvalue weighted by Gasteiger charge is -2.14. The molecule has 1 aliphatic carbocycles. The highest BCUT2D eigenvalue weighted by Gasteiger charge is 2.22. The third kappa shape index (κ3) is 5.48. The number of allylic oxidation sites excluding steroid dienone is 4. The van der Waals surface area contributed by atoms with Gasteiger partial charge in [0.15, 0.2) is 17.5 Å². The first kappa shape index (κ1) is 32.9. The molecule has 0 fully saturated rings. The highest BCUT2D eigenvalue weighted by atomic mass is 19.1. The molecule has 0 unspecified atom stereocenters. The molecular weight excluding hydrogens is 702 g/mol. The summed E-state index contributed by atoms with van der Waals surface area (Å²) in [7, 11) is 0. The Bertz CT molecular complexity index is 3190. The van der Waals surface area contributed by atoms with Crippen LogP contribution in [0.2, 0.25) is 0 Å². The fraction of sp³-hybridized carbons (Fsp3) is 0.0392. The predicted molar refractivity (Wildman–Crippen MR) is 231 cm³/mol. The smallest absolute Gasteiger partial charge is 0.164 e. The molecule has 0 saturated carbocycles.